The summed E-state index contributed by atoms with van der Waals surface area (Å²) in [7, 11) is 0. The molecule has 0 aromatic rings. The summed E-state index contributed by atoms with van der Waals surface area (Å²) in [5.41, 5.74) is 0. The quantitative estimate of drug-likeness (QED) is 0.510. The molecule has 1 saturated heterocycles. The molecule has 0 spiro atoms. The van der Waals surface area contributed by atoms with Crippen molar-refractivity contribution < 1.29 is 13.6 Å². The summed E-state index contributed by atoms with van der Waals surface area (Å²) in [4.78, 5) is 11.4. The van der Waals surface area contributed by atoms with Crippen molar-refractivity contribution in [1.82, 2.24) is 10.2 Å². The second kappa shape index (κ2) is 3.53. The molecule has 0 saturated carbocycles. The van der Waals surface area contributed by atoms with E-state index in [0.29, 0.717) is 19.6 Å². The molecule has 0 aliphatic carbocycles. The van der Waals surface area contributed by atoms with Gasteiger partial charge in [0.15, 0.2) is 0 Å². The molecule has 1 heterocycles. The number of hydrogen-bond acceptors (Lipinski definition) is 3. The summed E-state index contributed by atoms with van der Waals surface area (Å²) in [6.45, 7) is -1.21. The van der Waals surface area contributed by atoms with Gasteiger partial charge in [0.2, 0.25) is 6.41 Å². The maximum absolute atomic E-state index is 10.1. The van der Waals surface area contributed by atoms with Crippen LogP contribution in [0.5, 0.6) is 0 Å². The van der Waals surface area contributed by atoms with Crippen LogP contribution >= 0.6 is 0 Å². The van der Waals surface area contributed by atoms with Gasteiger partial charge in [-0.25, -0.2) is 0 Å². The Morgan fingerprint density at radius 2 is 2.90 bits per heavy atom. The van der Waals surface area contributed by atoms with E-state index in [1.807, 2.05) is 0 Å². The van der Waals surface area contributed by atoms with E-state index in [2.05, 4.69) is 5.32 Å². The molecule has 4 heteroatoms. The molecule has 0 bridgehead atoms. The number of rotatable bonds is 2. The van der Waals surface area contributed by atoms with Crippen LogP contribution in [0.1, 0.15) is 4.11 Å². The van der Waals surface area contributed by atoms with Gasteiger partial charge >= 0.3 is 0 Å². The van der Waals surface area contributed by atoms with Crippen LogP contribution in [0.15, 0.2) is 0 Å². The molecular formula is C6H12N2O2. The molecular weight excluding hydrogens is 132 g/mol. The third-order valence-electron chi connectivity index (χ3n) is 1.32. The smallest absolute Gasteiger partial charge is 0.209 e. The average molecular weight is 147 g/mol. The number of carbonyl (C=O) groups is 1. The third-order valence-corrected chi connectivity index (χ3v) is 1.32. The van der Waals surface area contributed by atoms with Crippen molar-refractivity contribution in [1.29, 1.82) is 0 Å². The van der Waals surface area contributed by atoms with E-state index in [9.17, 15) is 4.79 Å². The number of ether oxygens (including phenoxy) is 1. The predicted molar refractivity (Wildman–Crippen MR) is 36.4 cm³/mol. The van der Waals surface area contributed by atoms with Crippen molar-refractivity contribution >= 4 is 6.41 Å². The Bertz CT molecular complexity index is 185. The Labute approximate surface area is 64.4 Å². The van der Waals surface area contributed by atoms with Crippen LogP contribution in [0.2, 0.25) is 0 Å². The van der Waals surface area contributed by atoms with Gasteiger partial charge in [-0.2, -0.15) is 0 Å². The van der Waals surface area contributed by atoms with Crippen molar-refractivity contribution in [3.8, 4) is 0 Å². The zero-order valence-corrected chi connectivity index (χ0v) is 5.54. The highest BCUT2D eigenvalue weighted by Crippen LogP contribution is 1.97. The van der Waals surface area contributed by atoms with Gasteiger partial charge in [-0.05, 0) is 6.98 Å². The second-order valence-electron chi connectivity index (χ2n) is 2.09. The van der Waals surface area contributed by atoms with Crippen LogP contribution in [-0.2, 0) is 9.53 Å². The van der Waals surface area contributed by atoms with Crippen molar-refractivity contribution in [3.63, 3.8) is 0 Å². The minimum Gasteiger partial charge on any atom is -0.356 e. The molecule has 1 atom stereocenters. The number of nitrogens with one attached hydrogen (secondary N) is 1. The van der Waals surface area contributed by atoms with E-state index in [1.165, 1.54) is 4.90 Å². The van der Waals surface area contributed by atoms with Gasteiger partial charge in [-0.15, -0.1) is 0 Å². The molecule has 1 fully saturated rings. The van der Waals surface area contributed by atoms with Crippen molar-refractivity contribution in [3.05, 3.63) is 0 Å². The van der Waals surface area contributed by atoms with E-state index in [1.54, 1.807) is 0 Å². The van der Waals surface area contributed by atoms with Crippen LogP contribution in [0.4, 0.5) is 0 Å². The average Bonchev–Trinajstić information content (AvgIpc) is 2.04. The molecule has 0 aromatic carbocycles. The molecule has 1 unspecified atom stereocenters. The topological polar surface area (TPSA) is 41.6 Å². The number of hydrogen-bond donors (Lipinski definition) is 1. The molecule has 1 N–H and O–H groups in total. The largest absolute Gasteiger partial charge is 0.356 e. The summed E-state index contributed by atoms with van der Waals surface area (Å²) < 4.78 is 26.5. The molecule has 1 amide bonds. The lowest BCUT2D eigenvalue weighted by Gasteiger charge is -2.29. The highest BCUT2D eigenvalue weighted by molar-refractivity contribution is 5.46. The SMILES string of the molecule is [2H]C([2H])([2H])N1CCOC(NC=O)C1. The Balaban J connectivity index is 2.46. The molecule has 10 heavy (non-hydrogen) atoms. The monoisotopic (exact) mass is 147 g/mol. The first-order chi connectivity index (χ1) is 6.04. The minimum absolute atomic E-state index is 0.204. The summed E-state index contributed by atoms with van der Waals surface area (Å²) in [5, 5.41) is 2.39. The molecule has 0 radical (unpaired) electrons. The maximum atomic E-state index is 10.1. The van der Waals surface area contributed by atoms with Crippen LogP contribution in [-0.4, -0.2) is 44.2 Å². The van der Waals surface area contributed by atoms with Gasteiger partial charge in [0.1, 0.15) is 6.23 Å². The molecule has 58 valence electrons. The van der Waals surface area contributed by atoms with Gasteiger partial charge in [0.05, 0.1) is 6.61 Å². The maximum Gasteiger partial charge on any atom is 0.209 e. The molecule has 4 nitrogen and oxygen atoms in total. The van der Waals surface area contributed by atoms with Crippen molar-refractivity contribution in [2.24, 2.45) is 0 Å². The van der Waals surface area contributed by atoms with Gasteiger partial charge in [-0.3, -0.25) is 9.69 Å². The van der Waals surface area contributed by atoms with Crippen LogP contribution < -0.4 is 5.32 Å². The van der Waals surface area contributed by atoms with E-state index in [-0.39, 0.29) is 6.54 Å². The number of carbonyl (C=O) groups excluding carboxylic acids is 1. The molecule has 1 aliphatic rings. The predicted octanol–water partition coefficient (Wildman–Crippen LogP) is -0.979. The van der Waals surface area contributed by atoms with E-state index < -0.39 is 13.2 Å². The normalized spacial score (nSPS) is 33.6. The number of likely N-dealkylation sites (N-methyl/N-ethyl adjacent to an activating group) is 1. The van der Waals surface area contributed by atoms with Crippen molar-refractivity contribution in [2.75, 3.05) is 26.7 Å². The number of morpholine rings is 1. The summed E-state index contributed by atoms with van der Waals surface area (Å²) >= 11 is 0. The highest BCUT2D eigenvalue weighted by Gasteiger charge is 2.15. The Morgan fingerprint density at radius 1 is 2.00 bits per heavy atom. The van der Waals surface area contributed by atoms with Gasteiger partial charge in [-0.1, -0.05) is 0 Å². The first kappa shape index (κ1) is 4.31. The van der Waals surface area contributed by atoms with Gasteiger partial charge in [0.25, 0.3) is 0 Å². The first-order valence-electron chi connectivity index (χ1n) is 4.60. The van der Waals surface area contributed by atoms with E-state index in [4.69, 9.17) is 8.85 Å². The summed E-state index contributed by atoms with van der Waals surface area (Å²) in [6, 6.07) is 0. The van der Waals surface area contributed by atoms with Crippen LogP contribution in [0.25, 0.3) is 0 Å². The number of nitrogens with zero attached hydrogens (tertiary/aromatic N) is 1. The van der Waals surface area contributed by atoms with Crippen LogP contribution in [0.3, 0.4) is 0 Å². The lowest BCUT2D eigenvalue weighted by Crippen LogP contribution is -2.47. The fourth-order valence-electron chi connectivity index (χ4n) is 0.826. The first-order valence-corrected chi connectivity index (χ1v) is 3.10. The Hall–Kier alpha value is -0.610. The lowest BCUT2D eigenvalue weighted by molar-refractivity contribution is -0.116. The minimum atomic E-state index is -2.10. The van der Waals surface area contributed by atoms with Crippen molar-refractivity contribution in [2.45, 2.75) is 6.23 Å². The van der Waals surface area contributed by atoms with E-state index in [0.717, 1.165) is 0 Å². The van der Waals surface area contributed by atoms with E-state index >= 15 is 0 Å². The number of amides is 1. The third kappa shape index (κ3) is 1.97. The summed E-state index contributed by atoms with van der Waals surface area (Å²) in [5.74, 6) is 0. The lowest BCUT2D eigenvalue weighted by atomic mass is 10.4. The molecule has 1 rings (SSSR count). The zero-order valence-electron chi connectivity index (χ0n) is 8.54. The zero-order chi connectivity index (χ0) is 9.90. The fourth-order valence-corrected chi connectivity index (χ4v) is 0.826. The Kier molecular flexibility index (Phi) is 1.52. The van der Waals surface area contributed by atoms with Crippen LogP contribution in [0, 0.1) is 0 Å². The van der Waals surface area contributed by atoms with Gasteiger partial charge in [0, 0.05) is 17.2 Å². The second-order valence-corrected chi connectivity index (χ2v) is 2.09. The highest BCUT2D eigenvalue weighted by atomic mass is 16.5. The fraction of sp³-hybridized carbons (Fsp3) is 0.833. The molecule has 1 aliphatic heterocycles. The molecule has 0 aromatic heterocycles. The standard InChI is InChI=1S/C6H12N2O2/c1-8-2-3-10-6(4-8)7-5-9/h5-6H,2-4H2,1H3,(H,7,9)/i1D3. The Morgan fingerprint density at radius 3 is 3.60 bits per heavy atom. The van der Waals surface area contributed by atoms with Gasteiger partial charge < -0.3 is 10.1 Å². The summed E-state index contributed by atoms with van der Waals surface area (Å²) in [6.07, 6.45) is -0.0000855.